The molecule has 30 heavy (non-hydrogen) atoms. The summed E-state index contributed by atoms with van der Waals surface area (Å²) >= 11 is 1.55. The summed E-state index contributed by atoms with van der Waals surface area (Å²) in [5.74, 6) is 1.63. The molecular weight excluding hydrogens is 398 g/mol. The molecule has 0 saturated heterocycles. The van der Waals surface area contributed by atoms with Crippen LogP contribution in [-0.4, -0.2) is 24.5 Å². The predicted octanol–water partition coefficient (Wildman–Crippen LogP) is 3.67. The second-order valence-electron chi connectivity index (χ2n) is 6.97. The predicted molar refractivity (Wildman–Crippen MR) is 121 cm³/mol. The molecule has 3 heterocycles. The molecule has 4 aromatic rings. The van der Waals surface area contributed by atoms with Gasteiger partial charge in [0.25, 0.3) is 5.56 Å². The van der Waals surface area contributed by atoms with Crippen molar-refractivity contribution in [2.75, 3.05) is 10.5 Å². The van der Waals surface area contributed by atoms with Crippen molar-refractivity contribution in [2.24, 2.45) is 0 Å². The molecule has 1 aromatic carbocycles. The maximum Gasteiger partial charge on any atom is 0.279 e. The number of nitrogens with two attached hydrogens (primary N) is 1. The number of rotatable bonds is 6. The zero-order chi connectivity index (χ0) is 21.1. The molecule has 0 amide bonds. The summed E-state index contributed by atoms with van der Waals surface area (Å²) in [6, 6.07) is 13.7. The van der Waals surface area contributed by atoms with E-state index in [-0.39, 0.29) is 17.5 Å². The Labute approximate surface area is 177 Å². The summed E-state index contributed by atoms with van der Waals surface area (Å²) in [6.07, 6.45) is 3.17. The van der Waals surface area contributed by atoms with Crippen LogP contribution in [0.3, 0.4) is 0 Å². The van der Waals surface area contributed by atoms with Crippen LogP contribution in [-0.2, 0) is 5.75 Å². The standard InChI is InChI=1S/C21H21N7OS/c1-13(2)28-19-16(11-24-21(22)26-19)25-18(20(28)29)15-8-9-17(23-10-15)27-30-12-14-6-4-3-5-7-14/h3-11,13H,12H2,1-2H3,(H,23,27)(H2,22,24,26). The monoisotopic (exact) mass is 419 g/mol. The van der Waals surface area contributed by atoms with Crippen molar-refractivity contribution < 1.29 is 0 Å². The number of aromatic nitrogens is 5. The summed E-state index contributed by atoms with van der Waals surface area (Å²) in [6.45, 7) is 3.83. The Bertz CT molecular complexity index is 1220. The third kappa shape index (κ3) is 4.11. The van der Waals surface area contributed by atoms with Gasteiger partial charge in [-0.2, -0.15) is 4.98 Å². The highest BCUT2D eigenvalue weighted by molar-refractivity contribution is 7.99. The Morgan fingerprint density at radius 1 is 1.07 bits per heavy atom. The first-order valence-corrected chi connectivity index (χ1v) is 10.4. The molecule has 0 aliphatic rings. The summed E-state index contributed by atoms with van der Waals surface area (Å²) < 4.78 is 4.80. The first-order valence-electron chi connectivity index (χ1n) is 9.46. The lowest BCUT2D eigenvalue weighted by atomic mass is 10.2. The van der Waals surface area contributed by atoms with Gasteiger partial charge in [-0.1, -0.05) is 30.3 Å². The van der Waals surface area contributed by atoms with E-state index in [0.29, 0.717) is 28.2 Å². The number of pyridine rings is 1. The van der Waals surface area contributed by atoms with Crippen molar-refractivity contribution in [1.82, 2.24) is 24.5 Å². The second kappa shape index (κ2) is 8.50. The maximum atomic E-state index is 13.1. The fraction of sp³-hybridized carbons (Fsp3) is 0.190. The average molecular weight is 420 g/mol. The van der Waals surface area contributed by atoms with Gasteiger partial charge in [0.15, 0.2) is 5.65 Å². The van der Waals surface area contributed by atoms with Crippen LogP contribution in [0, 0.1) is 0 Å². The van der Waals surface area contributed by atoms with Gasteiger partial charge >= 0.3 is 0 Å². The van der Waals surface area contributed by atoms with E-state index in [0.717, 1.165) is 5.75 Å². The van der Waals surface area contributed by atoms with E-state index in [4.69, 9.17) is 5.73 Å². The zero-order valence-corrected chi connectivity index (χ0v) is 17.4. The van der Waals surface area contributed by atoms with E-state index in [1.54, 1.807) is 22.7 Å². The average Bonchev–Trinajstić information content (AvgIpc) is 2.74. The van der Waals surface area contributed by atoms with Crippen molar-refractivity contribution in [3.8, 4) is 11.3 Å². The topological polar surface area (TPSA) is 112 Å². The molecule has 0 radical (unpaired) electrons. The van der Waals surface area contributed by atoms with Gasteiger partial charge in [0, 0.05) is 23.6 Å². The molecule has 8 nitrogen and oxygen atoms in total. The molecule has 0 saturated carbocycles. The molecule has 0 fully saturated rings. The third-order valence-corrected chi connectivity index (χ3v) is 5.29. The lowest BCUT2D eigenvalue weighted by Crippen LogP contribution is -2.26. The largest absolute Gasteiger partial charge is 0.368 e. The Balaban J connectivity index is 1.60. The number of nitrogens with zero attached hydrogens (tertiary/aromatic N) is 5. The maximum absolute atomic E-state index is 13.1. The Morgan fingerprint density at radius 2 is 1.87 bits per heavy atom. The molecule has 0 unspecified atom stereocenters. The summed E-state index contributed by atoms with van der Waals surface area (Å²) in [7, 11) is 0. The van der Waals surface area contributed by atoms with Crippen molar-refractivity contribution in [3.05, 3.63) is 70.8 Å². The van der Waals surface area contributed by atoms with Crippen molar-refractivity contribution >= 4 is 34.9 Å². The SMILES string of the molecule is CC(C)n1c(=O)c(-c2ccc(NSCc3ccccc3)nc2)nc2cnc(N)nc21. The van der Waals surface area contributed by atoms with E-state index >= 15 is 0 Å². The highest BCUT2D eigenvalue weighted by atomic mass is 32.2. The van der Waals surface area contributed by atoms with Crippen LogP contribution in [0.4, 0.5) is 11.8 Å². The van der Waals surface area contributed by atoms with Crippen LogP contribution < -0.4 is 16.0 Å². The summed E-state index contributed by atoms with van der Waals surface area (Å²) in [5, 5.41) is 0. The molecular formula is C21H21N7OS. The first kappa shape index (κ1) is 19.8. The number of nitrogens with one attached hydrogen (secondary N) is 1. The van der Waals surface area contributed by atoms with Gasteiger partial charge in [0.2, 0.25) is 5.95 Å². The normalized spacial score (nSPS) is 11.2. The van der Waals surface area contributed by atoms with Gasteiger partial charge in [-0.25, -0.2) is 15.0 Å². The van der Waals surface area contributed by atoms with Crippen molar-refractivity contribution in [3.63, 3.8) is 0 Å². The number of hydrogen-bond donors (Lipinski definition) is 2. The van der Waals surface area contributed by atoms with Crippen LogP contribution in [0.5, 0.6) is 0 Å². The second-order valence-corrected chi connectivity index (χ2v) is 7.76. The van der Waals surface area contributed by atoms with Crippen LogP contribution in [0.1, 0.15) is 25.5 Å². The minimum Gasteiger partial charge on any atom is -0.368 e. The molecule has 0 aliphatic heterocycles. The Morgan fingerprint density at radius 3 is 2.57 bits per heavy atom. The summed E-state index contributed by atoms with van der Waals surface area (Å²) in [5.41, 5.74) is 8.56. The Kier molecular flexibility index (Phi) is 5.62. The fourth-order valence-electron chi connectivity index (χ4n) is 3.04. The zero-order valence-electron chi connectivity index (χ0n) is 16.6. The lowest BCUT2D eigenvalue weighted by Gasteiger charge is -2.14. The van der Waals surface area contributed by atoms with Crippen molar-refractivity contribution in [1.29, 1.82) is 0 Å². The van der Waals surface area contributed by atoms with Crippen LogP contribution in [0.2, 0.25) is 0 Å². The highest BCUT2D eigenvalue weighted by Crippen LogP contribution is 2.21. The van der Waals surface area contributed by atoms with E-state index < -0.39 is 0 Å². The van der Waals surface area contributed by atoms with Gasteiger partial charge in [-0.3, -0.25) is 9.36 Å². The number of nitrogen functional groups attached to an aromatic ring is 1. The van der Waals surface area contributed by atoms with Gasteiger partial charge in [-0.15, -0.1) is 0 Å². The molecule has 0 atom stereocenters. The van der Waals surface area contributed by atoms with Gasteiger partial charge < -0.3 is 10.5 Å². The van der Waals surface area contributed by atoms with Gasteiger partial charge in [0.05, 0.1) is 6.20 Å². The van der Waals surface area contributed by atoms with E-state index in [1.165, 1.54) is 11.8 Å². The number of hydrogen-bond acceptors (Lipinski definition) is 8. The molecule has 9 heteroatoms. The highest BCUT2D eigenvalue weighted by Gasteiger charge is 2.16. The van der Waals surface area contributed by atoms with Crippen LogP contribution in [0.15, 0.2) is 59.7 Å². The van der Waals surface area contributed by atoms with Crippen LogP contribution in [0.25, 0.3) is 22.4 Å². The molecule has 3 N–H and O–H groups in total. The smallest absolute Gasteiger partial charge is 0.279 e. The molecule has 4 rings (SSSR count). The van der Waals surface area contributed by atoms with E-state index in [2.05, 4.69) is 36.8 Å². The van der Waals surface area contributed by atoms with E-state index in [9.17, 15) is 4.79 Å². The number of fused-ring (bicyclic) bond motifs is 1. The molecule has 0 aliphatic carbocycles. The molecule has 0 bridgehead atoms. The lowest BCUT2D eigenvalue weighted by molar-refractivity contribution is 0.593. The minimum absolute atomic E-state index is 0.107. The molecule has 0 spiro atoms. The quantitative estimate of drug-likeness (QED) is 0.455. The van der Waals surface area contributed by atoms with E-state index in [1.807, 2.05) is 44.2 Å². The van der Waals surface area contributed by atoms with Crippen molar-refractivity contribution in [2.45, 2.75) is 25.6 Å². The summed E-state index contributed by atoms with van der Waals surface area (Å²) in [4.78, 5) is 30.2. The number of benzene rings is 1. The minimum atomic E-state index is -0.239. The fourth-order valence-corrected chi connectivity index (χ4v) is 3.74. The molecule has 3 aromatic heterocycles. The third-order valence-electron chi connectivity index (χ3n) is 4.46. The van der Waals surface area contributed by atoms with Crippen LogP contribution >= 0.6 is 11.9 Å². The first-order chi connectivity index (χ1) is 14.5. The number of anilines is 2. The van der Waals surface area contributed by atoms with Gasteiger partial charge in [0.1, 0.15) is 17.0 Å². The van der Waals surface area contributed by atoms with Gasteiger partial charge in [-0.05, 0) is 43.5 Å². The molecule has 152 valence electrons. The Hall–Kier alpha value is -3.46.